The summed E-state index contributed by atoms with van der Waals surface area (Å²) in [6.07, 6.45) is 0.235. The van der Waals surface area contributed by atoms with Crippen LogP contribution in [0.15, 0.2) is 18.2 Å². The van der Waals surface area contributed by atoms with Gasteiger partial charge in [0.1, 0.15) is 12.4 Å². The summed E-state index contributed by atoms with van der Waals surface area (Å²) in [4.78, 5) is 24.9. The third kappa shape index (κ3) is 2.49. The monoisotopic (exact) mass is 313 g/mol. The van der Waals surface area contributed by atoms with Gasteiger partial charge in [0.25, 0.3) is 0 Å². The Kier molecular flexibility index (Phi) is 3.59. The minimum atomic E-state index is -1.32. The minimum Gasteiger partial charge on any atom is -0.479 e. The van der Waals surface area contributed by atoms with E-state index >= 15 is 0 Å². The van der Waals surface area contributed by atoms with Gasteiger partial charge in [-0.3, -0.25) is 4.79 Å². The average Bonchev–Trinajstić information content (AvgIpc) is 3.22. The quantitative estimate of drug-likeness (QED) is 0.927. The molecule has 0 radical (unpaired) electrons. The van der Waals surface area contributed by atoms with E-state index < -0.39 is 23.9 Å². The van der Waals surface area contributed by atoms with Gasteiger partial charge in [0, 0.05) is 16.6 Å². The summed E-state index contributed by atoms with van der Waals surface area (Å²) < 4.78 is 19.3. The Morgan fingerprint density at radius 2 is 2.14 bits per heavy atom. The molecule has 0 aromatic heterocycles. The smallest absolute Gasteiger partial charge is 0.335 e. The molecule has 1 N–H and O–H groups in total. The molecule has 3 rings (SSSR count). The van der Waals surface area contributed by atoms with E-state index in [2.05, 4.69) is 0 Å². The van der Waals surface area contributed by atoms with Crippen LogP contribution in [0.25, 0.3) is 0 Å². The average molecular weight is 314 g/mol. The standard InChI is InChI=1S/C14H13ClFNO4/c15-8-2-1-3-9(16)11(8)12-13(14(19)20)21-6-10(18)17(12)7-4-5-7/h1-3,7,12-13H,4-6H2,(H,19,20). The second-order valence-corrected chi connectivity index (χ2v) is 5.59. The highest BCUT2D eigenvalue weighted by molar-refractivity contribution is 6.31. The fourth-order valence-corrected chi connectivity index (χ4v) is 2.98. The topological polar surface area (TPSA) is 66.8 Å². The van der Waals surface area contributed by atoms with Gasteiger partial charge >= 0.3 is 5.97 Å². The number of aliphatic carboxylic acids is 1. The molecule has 1 saturated carbocycles. The number of carboxylic acid groups (broad SMARTS) is 1. The van der Waals surface area contributed by atoms with Crippen LogP contribution in [-0.2, 0) is 14.3 Å². The third-order valence-electron chi connectivity index (χ3n) is 3.74. The van der Waals surface area contributed by atoms with E-state index in [0.717, 1.165) is 12.8 Å². The zero-order chi connectivity index (χ0) is 15.1. The Morgan fingerprint density at radius 3 is 2.71 bits per heavy atom. The molecule has 0 spiro atoms. The second kappa shape index (κ2) is 5.27. The van der Waals surface area contributed by atoms with Crippen molar-refractivity contribution in [3.05, 3.63) is 34.6 Å². The van der Waals surface area contributed by atoms with Crippen molar-refractivity contribution in [3.8, 4) is 0 Å². The van der Waals surface area contributed by atoms with Gasteiger partial charge in [-0.25, -0.2) is 9.18 Å². The number of amides is 1. The fraction of sp³-hybridized carbons (Fsp3) is 0.429. The highest BCUT2D eigenvalue weighted by Gasteiger charge is 2.49. The zero-order valence-electron chi connectivity index (χ0n) is 11.0. The number of nitrogens with zero attached hydrogens (tertiary/aromatic N) is 1. The maximum atomic E-state index is 14.2. The number of ether oxygens (including phenoxy) is 1. The van der Waals surface area contributed by atoms with E-state index in [4.69, 9.17) is 16.3 Å². The summed E-state index contributed by atoms with van der Waals surface area (Å²) in [5.74, 6) is -2.21. The van der Waals surface area contributed by atoms with E-state index in [0.29, 0.717) is 0 Å². The first kappa shape index (κ1) is 14.3. The molecule has 1 amide bonds. The number of halogens is 2. The Bertz CT molecular complexity index is 584. The van der Waals surface area contributed by atoms with E-state index in [1.807, 2.05) is 0 Å². The van der Waals surface area contributed by atoms with E-state index in [1.54, 1.807) is 0 Å². The molecule has 1 aliphatic heterocycles. The molecule has 2 atom stereocenters. The highest BCUT2D eigenvalue weighted by Crippen LogP contribution is 2.42. The van der Waals surface area contributed by atoms with Gasteiger partial charge in [-0.05, 0) is 25.0 Å². The van der Waals surface area contributed by atoms with Crippen molar-refractivity contribution in [1.29, 1.82) is 0 Å². The maximum Gasteiger partial charge on any atom is 0.335 e. The molecule has 5 nitrogen and oxygen atoms in total. The fourth-order valence-electron chi connectivity index (χ4n) is 2.70. The zero-order valence-corrected chi connectivity index (χ0v) is 11.7. The molecule has 21 heavy (non-hydrogen) atoms. The van der Waals surface area contributed by atoms with Gasteiger partial charge in [0.2, 0.25) is 5.91 Å². The predicted molar refractivity (Wildman–Crippen MR) is 71.4 cm³/mol. The van der Waals surface area contributed by atoms with Crippen LogP contribution in [0.3, 0.4) is 0 Å². The molecule has 0 bridgehead atoms. The van der Waals surface area contributed by atoms with Crippen molar-refractivity contribution < 1.29 is 23.8 Å². The molecule has 1 saturated heterocycles. The molecule has 1 aromatic rings. The number of hydrogen-bond donors (Lipinski definition) is 1. The Morgan fingerprint density at radius 1 is 1.43 bits per heavy atom. The number of benzene rings is 1. The lowest BCUT2D eigenvalue weighted by Gasteiger charge is -2.40. The molecule has 2 unspecified atom stereocenters. The number of carbonyl (C=O) groups excluding carboxylic acids is 1. The van der Waals surface area contributed by atoms with E-state index in [1.165, 1.54) is 23.1 Å². The Hall–Kier alpha value is -1.66. The molecular formula is C14H13ClFNO4. The molecule has 112 valence electrons. The van der Waals surface area contributed by atoms with Gasteiger partial charge in [-0.15, -0.1) is 0 Å². The van der Waals surface area contributed by atoms with Crippen LogP contribution >= 0.6 is 11.6 Å². The first-order valence-electron chi connectivity index (χ1n) is 6.60. The Balaban J connectivity index is 2.11. The van der Waals surface area contributed by atoms with Crippen LogP contribution in [0.5, 0.6) is 0 Å². The normalized spacial score (nSPS) is 26.0. The second-order valence-electron chi connectivity index (χ2n) is 5.18. The van der Waals surface area contributed by atoms with Gasteiger partial charge in [0.15, 0.2) is 6.10 Å². The summed E-state index contributed by atoms with van der Waals surface area (Å²) in [5.41, 5.74) is 0.00603. The lowest BCUT2D eigenvalue weighted by molar-refractivity contribution is -0.174. The number of carbonyl (C=O) groups is 2. The molecule has 2 fully saturated rings. The summed E-state index contributed by atoms with van der Waals surface area (Å²) in [5, 5.41) is 9.42. The van der Waals surface area contributed by atoms with Crippen molar-refractivity contribution in [2.45, 2.75) is 31.0 Å². The van der Waals surface area contributed by atoms with Crippen molar-refractivity contribution in [1.82, 2.24) is 4.90 Å². The van der Waals surface area contributed by atoms with E-state index in [-0.39, 0.29) is 29.1 Å². The van der Waals surface area contributed by atoms with Gasteiger partial charge in [0.05, 0.1) is 6.04 Å². The molecule has 1 aliphatic carbocycles. The SMILES string of the molecule is O=C(O)C1OCC(=O)N(C2CC2)C1c1c(F)cccc1Cl. The van der Waals surface area contributed by atoms with Crippen molar-refractivity contribution >= 4 is 23.5 Å². The van der Waals surface area contributed by atoms with Crippen LogP contribution in [0.4, 0.5) is 4.39 Å². The highest BCUT2D eigenvalue weighted by atomic mass is 35.5. The molecule has 7 heteroatoms. The lowest BCUT2D eigenvalue weighted by Crippen LogP contribution is -2.53. The third-order valence-corrected chi connectivity index (χ3v) is 4.07. The molecule has 1 aromatic carbocycles. The number of carboxylic acids is 1. The first-order chi connectivity index (χ1) is 10.0. The summed E-state index contributed by atoms with van der Waals surface area (Å²) in [7, 11) is 0. The van der Waals surface area contributed by atoms with Crippen LogP contribution in [0.1, 0.15) is 24.4 Å². The summed E-state index contributed by atoms with van der Waals surface area (Å²) >= 11 is 6.04. The van der Waals surface area contributed by atoms with Gasteiger partial charge in [-0.1, -0.05) is 17.7 Å². The number of rotatable bonds is 3. The number of morpholine rings is 1. The van der Waals surface area contributed by atoms with Crippen LogP contribution in [0.2, 0.25) is 5.02 Å². The summed E-state index contributed by atoms with van der Waals surface area (Å²) in [6.45, 7) is -0.309. The van der Waals surface area contributed by atoms with Gasteiger partial charge < -0.3 is 14.7 Å². The van der Waals surface area contributed by atoms with Crippen LogP contribution in [0, 0.1) is 5.82 Å². The van der Waals surface area contributed by atoms with Crippen molar-refractivity contribution in [3.63, 3.8) is 0 Å². The Labute approximate surface area is 125 Å². The van der Waals surface area contributed by atoms with Crippen molar-refractivity contribution in [2.24, 2.45) is 0 Å². The van der Waals surface area contributed by atoms with Crippen molar-refractivity contribution in [2.75, 3.05) is 6.61 Å². The first-order valence-corrected chi connectivity index (χ1v) is 6.98. The van der Waals surface area contributed by atoms with Crippen LogP contribution in [-0.4, -0.2) is 40.6 Å². The van der Waals surface area contributed by atoms with Gasteiger partial charge in [-0.2, -0.15) is 0 Å². The summed E-state index contributed by atoms with van der Waals surface area (Å²) in [6, 6.07) is 3.01. The maximum absolute atomic E-state index is 14.2. The minimum absolute atomic E-state index is 0.00603. The molecule has 1 heterocycles. The predicted octanol–water partition coefficient (Wildman–Crippen LogP) is 1.99. The lowest BCUT2D eigenvalue weighted by atomic mass is 9.96. The van der Waals surface area contributed by atoms with E-state index in [9.17, 15) is 19.1 Å². The number of hydrogen-bond acceptors (Lipinski definition) is 3. The largest absolute Gasteiger partial charge is 0.479 e. The molecule has 2 aliphatic rings. The molecular weight excluding hydrogens is 301 g/mol. The van der Waals surface area contributed by atoms with Crippen LogP contribution < -0.4 is 0 Å².